The molecule has 1 heterocycles. The summed E-state index contributed by atoms with van der Waals surface area (Å²) in [4.78, 5) is 12.1. The van der Waals surface area contributed by atoms with Crippen LogP contribution in [-0.4, -0.2) is 18.1 Å². The molecule has 1 aromatic carbocycles. The first kappa shape index (κ1) is 18.5. The third-order valence-corrected chi connectivity index (χ3v) is 4.85. The molecule has 1 aromatic heterocycles. The Hall–Kier alpha value is -2.24. The molecule has 0 saturated heterocycles. The van der Waals surface area contributed by atoms with Gasteiger partial charge in [-0.2, -0.15) is 13.2 Å². The highest BCUT2D eigenvalue weighted by atomic mass is 19.4. The molecule has 140 valence electrons. The summed E-state index contributed by atoms with van der Waals surface area (Å²) < 4.78 is 45.0. The van der Waals surface area contributed by atoms with Crippen molar-refractivity contribution < 1.29 is 22.4 Å². The second-order valence-corrected chi connectivity index (χ2v) is 6.74. The fourth-order valence-corrected chi connectivity index (χ4v) is 3.48. The number of alkyl halides is 3. The average molecular weight is 365 g/mol. The van der Waals surface area contributed by atoms with Gasteiger partial charge in [0.25, 0.3) is 0 Å². The lowest BCUT2D eigenvalue weighted by atomic mass is 9.84. The zero-order valence-corrected chi connectivity index (χ0v) is 14.4. The van der Waals surface area contributed by atoms with Crippen LogP contribution in [0.1, 0.15) is 37.9 Å². The number of aryl methyl sites for hydroxylation is 1. The molecule has 2 aromatic rings. The van der Waals surface area contributed by atoms with Gasteiger partial charge in [-0.3, -0.25) is 4.79 Å². The summed E-state index contributed by atoms with van der Waals surface area (Å²) in [7, 11) is 0. The van der Waals surface area contributed by atoms with Gasteiger partial charge in [-0.1, -0.05) is 43.2 Å². The molecule has 1 amide bonds. The van der Waals surface area contributed by atoms with Crippen LogP contribution in [0.2, 0.25) is 0 Å². The van der Waals surface area contributed by atoms with Crippen LogP contribution < -0.4 is 5.32 Å². The molecule has 1 fully saturated rings. The van der Waals surface area contributed by atoms with Crippen molar-refractivity contribution in [2.75, 3.05) is 0 Å². The van der Waals surface area contributed by atoms with Crippen LogP contribution in [-0.2, 0) is 11.2 Å². The number of furan rings is 1. The SMILES string of the molecule is O=C(CCc1ccc(-c2ccccc2)o1)NC1CCCCC1C(F)(F)F. The minimum Gasteiger partial charge on any atom is -0.461 e. The van der Waals surface area contributed by atoms with E-state index < -0.39 is 18.1 Å². The Kier molecular flexibility index (Phi) is 5.69. The smallest absolute Gasteiger partial charge is 0.393 e. The Labute approximate surface area is 150 Å². The largest absolute Gasteiger partial charge is 0.461 e. The Bertz CT molecular complexity index is 724. The fourth-order valence-electron chi connectivity index (χ4n) is 3.48. The van der Waals surface area contributed by atoms with Gasteiger partial charge in [-0.15, -0.1) is 0 Å². The number of hydrogen-bond acceptors (Lipinski definition) is 2. The molecule has 2 unspecified atom stereocenters. The molecular formula is C20H22F3NO2. The van der Waals surface area contributed by atoms with E-state index in [-0.39, 0.29) is 18.7 Å². The van der Waals surface area contributed by atoms with E-state index >= 15 is 0 Å². The van der Waals surface area contributed by atoms with Crippen molar-refractivity contribution >= 4 is 5.91 Å². The van der Waals surface area contributed by atoms with E-state index in [9.17, 15) is 18.0 Å². The number of hydrogen-bond donors (Lipinski definition) is 1. The van der Waals surface area contributed by atoms with Gasteiger partial charge in [-0.05, 0) is 25.0 Å². The fraction of sp³-hybridized carbons (Fsp3) is 0.450. The zero-order valence-electron chi connectivity index (χ0n) is 14.4. The van der Waals surface area contributed by atoms with Crippen LogP contribution in [0.15, 0.2) is 46.9 Å². The lowest BCUT2D eigenvalue weighted by molar-refractivity contribution is -0.189. The van der Waals surface area contributed by atoms with Crippen molar-refractivity contribution in [1.29, 1.82) is 0 Å². The van der Waals surface area contributed by atoms with Gasteiger partial charge < -0.3 is 9.73 Å². The van der Waals surface area contributed by atoms with Gasteiger partial charge in [0.05, 0.1) is 5.92 Å². The molecule has 6 heteroatoms. The molecule has 1 aliphatic carbocycles. The lowest BCUT2D eigenvalue weighted by Gasteiger charge is -2.33. The Balaban J connectivity index is 1.53. The van der Waals surface area contributed by atoms with Crippen molar-refractivity contribution in [3.8, 4) is 11.3 Å². The van der Waals surface area contributed by atoms with Crippen molar-refractivity contribution in [2.45, 2.75) is 50.7 Å². The molecule has 0 radical (unpaired) electrons. The van der Waals surface area contributed by atoms with Crippen molar-refractivity contribution in [3.63, 3.8) is 0 Å². The summed E-state index contributed by atoms with van der Waals surface area (Å²) in [5, 5.41) is 2.58. The van der Waals surface area contributed by atoms with E-state index in [1.54, 1.807) is 6.07 Å². The average Bonchev–Trinajstić information content (AvgIpc) is 3.09. The lowest BCUT2D eigenvalue weighted by Crippen LogP contribution is -2.47. The van der Waals surface area contributed by atoms with Gasteiger partial charge in [0.15, 0.2) is 0 Å². The van der Waals surface area contributed by atoms with E-state index in [0.29, 0.717) is 30.8 Å². The van der Waals surface area contributed by atoms with E-state index in [2.05, 4.69) is 5.32 Å². The highest BCUT2D eigenvalue weighted by molar-refractivity contribution is 5.76. The number of rotatable bonds is 5. The van der Waals surface area contributed by atoms with Crippen LogP contribution in [0.5, 0.6) is 0 Å². The molecule has 1 saturated carbocycles. The number of amides is 1. The van der Waals surface area contributed by atoms with Crippen LogP contribution in [0.3, 0.4) is 0 Å². The minimum absolute atomic E-state index is 0.0903. The first-order chi connectivity index (χ1) is 12.4. The highest BCUT2D eigenvalue weighted by Crippen LogP contribution is 2.37. The third-order valence-electron chi connectivity index (χ3n) is 4.85. The monoisotopic (exact) mass is 365 g/mol. The number of carbonyl (C=O) groups is 1. The summed E-state index contributed by atoms with van der Waals surface area (Å²) in [6, 6.07) is 12.4. The predicted molar refractivity (Wildman–Crippen MR) is 92.4 cm³/mol. The van der Waals surface area contributed by atoms with E-state index in [0.717, 1.165) is 12.0 Å². The van der Waals surface area contributed by atoms with Gasteiger partial charge in [0.2, 0.25) is 5.91 Å². The zero-order chi connectivity index (χ0) is 18.6. The number of nitrogens with one attached hydrogen (secondary N) is 1. The number of carbonyl (C=O) groups excluding carboxylic acids is 1. The number of benzene rings is 1. The van der Waals surface area contributed by atoms with Gasteiger partial charge in [0.1, 0.15) is 11.5 Å². The topological polar surface area (TPSA) is 42.2 Å². The van der Waals surface area contributed by atoms with E-state index in [1.807, 2.05) is 36.4 Å². The quantitative estimate of drug-likeness (QED) is 0.799. The predicted octanol–water partition coefficient (Wildman–Crippen LogP) is 5.12. The van der Waals surface area contributed by atoms with Crippen molar-refractivity contribution in [1.82, 2.24) is 5.32 Å². The maximum absolute atomic E-state index is 13.1. The van der Waals surface area contributed by atoms with Crippen molar-refractivity contribution in [2.24, 2.45) is 5.92 Å². The first-order valence-corrected chi connectivity index (χ1v) is 8.93. The van der Waals surface area contributed by atoms with Crippen LogP contribution in [0.25, 0.3) is 11.3 Å². The van der Waals surface area contributed by atoms with E-state index in [4.69, 9.17) is 4.42 Å². The Morgan fingerprint density at radius 2 is 1.81 bits per heavy atom. The van der Waals surface area contributed by atoms with Gasteiger partial charge in [-0.25, -0.2) is 0 Å². The molecule has 3 nitrogen and oxygen atoms in total. The molecule has 3 rings (SSSR count). The third kappa shape index (κ3) is 4.68. The molecule has 2 atom stereocenters. The van der Waals surface area contributed by atoms with Crippen molar-refractivity contribution in [3.05, 3.63) is 48.2 Å². The summed E-state index contributed by atoms with van der Waals surface area (Å²) in [5.74, 6) is -0.433. The van der Waals surface area contributed by atoms with Crippen LogP contribution >= 0.6 is 0 Å². The van der Waals surface area contributed by atoms with E-state index in [1.165, 1.54) is 0 Å². The Morgan fingerprint density at radius 3 is 2.54 bits per heavy atom. The normalized spacial score (nSPS) is 20.7. The summed E-state index contributed by atoms with van der Waals surface area (Å²) in [6.45, 7) is 0. The molecule has 0 spiro atoms. The maximum atomic E-state index is 13.1. The molecule has 0 aliphatic heterocycles. The summed E-state index contributed by atoms with van der Waals surface area (Å²) >= 11 is 0. The molecule has 1 aliphatic rings. The molecule has 1 N–H and O–H groups in total. The summed E-state index contributed by atoms with van der Waals surface area (Å²) in [6.07, 6.45) is -2.03. The molecule has 26 heavy (non-hydrogen) atoms. The second-order valence-electron chi connectivity index (χ2n) is 6.74. The standard InChI is InChI=1S/C20H22F3NO2/c21-20(22,23)16-8-4-5-9-17(16)24-19(25)13-11-15-10-12-18(26-15)14-6-2-1-3-7-14/h1-3,6-7,10,12,16-17H,4-5,8-9,11,13H2,(H,24,25). The number of halogens is 3. The maximum Gasteiger partial charge on any atom is 0.393 e. The Morgan fingerprint density at radius 1 is 1.08 bits per heavy atom. The molecule has 0 bridgehead atoms. The van der Waals surface area contributed by atoms with Crippen LogP contribution in [0.4, 0.5) is 13.2 Å². The first-order valence-electron chi connectivity index (χ1n) is 8.93. The molecular weight excluding hydrogens is 343 g/mol. The summed E-state index contributed by atoms with van der Waals surface area (Å²) in [5.41, 5.74) is 0.943. The van der Waals surface area contributed by atoms with Crippen LogP contribution in [0, 0.1) is 5.92 Å². The highest BCUT2D eigenvalue weighted by Gasteiger charge is 2.45. The second kappa shape index (κ2) is 7.98. The van der Waals surface area contributed by atoms with Gasteiger partial charge in [0, 0.05) is 24.4 Å². The van der Waals surface area contributed by atoms with Gasteiger partial charge >= 0.3 is 6.18 Å². The minimum atomic E-state index is -4.26.